The van der Waals surface area contributed by atoms with Crippen LogP contribution < -0.4 is 11.1 Å². The summed E-state index contributed by atoms with van der Waals surface area (Å²) in [6.07, 6.45) is 0.210. The number of hydrogen-bond donors (Lipinski definition) is 3. The SMILES string of the molecule is Cc1n[nH]c(C)c1CC(=O)NCC(N)=O. The number of amides is 2. The van der Waals surface area contributed by atoms with Gasteiger partial charge in [0.15, 0.2) is 0 Å². The summed E-state index contributed by atoms with van der Waals surface area (Å²) < 4.78 is 0. The molecule has 15 heavy (non-hydrogen) atoms. The zero-order valence-corrected chi connectivity index (χ0v) is 8.76. The summed E-state index contributed by atoms with van der Waals surface area (Å²) in [5.74, 6) is -0.787. The molecule has 0 atom stereocenters. The van der Waals surface area contributed by atoms with Gasteiger partial charge >= 0.3 is 0 Å². The molecule has 0 saturated heterocycles. The third kappa shape index (κ3) is 3.08. The molecule has 82 valence electrons. The van der Waals surface area contributed by atoms with Gasteiger partial charge < -0.3 is 11.1 Å². The Kier molecular flexibility index (Phi) is 3.43. The number of carbonyl (C=O) groups excluding carboxylic acids is 2. The first-order valence-electron chi connectivity index (χ1n) is 4.56. The van der Waals surface area contributed by atoms with Crippen molar-refractivity contribution in [2.45, 2.75) is 20.3 Å². The highest BCUT2D eigenvalue weighted by Gasteiger charge is 2.11. The number of hydrogen-bond acceptors (Lipinski definition) is 3. The summed E-state index contributed by atoms with van der Waals surface area (Å²) in [6.45, 7) is 3.53. The molecular formula is C9H14N4O2. The van der Waals surface area contributed by atoms with Gasteiger partial charge in [-0.05, 0) is 13.8 Å². The Hall–Kier alpha value is -1.85. The van der Waals surface area contributed by atoms with Crippen molar-refractivity contribution in [1.82, 2.24) is 15.5 Å². The lowest BCUT2D eigenvalue weighted by Gasteiger charge is -2.02. The van der Waals surface area contributed by atoms with Gasteiger partial charge in [-0.3, -0.25) is 14.7 Å². The van der Waals surface area contributed by atoms with Crippen molar-refractivity contribution < 1.29 is 9.59 Å². The predicted octanol–water partition coefficient (Wildman–Crippen LogP) is -0.829. The van der Waals surface area contributed by atoms with Crippen molar-refractivity contribution in [2.75, 3.05) is 6.54 Å². The Morgan fingerprint density at radius 3 is 2.60 bits per heavy atom. The molecule has 0 spiro atoms. The molecule has 0 radical (unpaired) electrons. The Morgan fingerprint density at radius 2 is 2.13 bits per heavy atom. The van der Waals surface area contributed by atoms with E-state index in [1.165, 1.54) is 0 Å². The lowest BCUT2D eigenvalue weighted by molar-refractivity contribution is -0.124. The van der Waals surface area contributed by atoms with Crippen LogP contribution in [0.2, 0.25) is 0 Å². The van der Waals surface area contributed by atoms with E-state index in [0.717, 1.165) is 17.0 Å². The number of carbonyl (C=O) groups is 2. The van der Waals surface area contributed by atoms with E-state index in [2.05, 4.69) is 15.5 Å². The fraction of sp³-hybridized carbons (Fsp3) is 0.444. The molecule has 4 N–H and O–H groups in total. The Morgan fingerprint density at radius 1 is 1.47 bits per heavy atom. The van der Waals surface area contributed by atoms with E-state index in [9.17, 15) is 9.59 Å². The minimum Gasteiger partial charge on any atom is -0.368 e. The topological polar surface area (TPSA) is 101 Å². The summed E-state index contributed by atoms with van der Waals surface area (Å²) in [7, 11) is 0. The van der Waals surface area contributed by atoms with Crippen LogP contribution in [-0.4, -0.2) is 28.6 Å². The zero-order chi connectivity index (χ0) is 11.4. The molecule has 1 heterocycles. The fourth-order valence-electron chi connectivity index (χ4n) is 1.24. The summed E-state index contributed by atoms with van der Waals surface area (Å²) in [5, 5.41) is 9.17. The number of aryl methyl sites for hydroxylation is 2. The highest BCUT2D eigenvalue weighted by molar-refractivity contribution is 5.85. The number of nitrogens with two attached hydrogens (primary N) is 1. The van der Waals surface area contributed by atoms with Crippen LogP contribution in [-0.2, 0) is 16.0 Å². The Labute approximate surface area is 87.2 Å². The van der Waals surface area contributed by atoms with E-state index in [1.54, 1.807) is 0 Å². The number of nitrogens with one attached hydrogen (secondary N) is 2. The smallest absolute Gasteiger partial charge is 0.236 e. The Bertz CT molecular complexity index is 364. The normalized spacial score (nSPS) is 10.0. The van der Waals surface area contributed by atoms with Crippen LogP contribution in [0.1, 0.15) is 17.0 Å². The second kappa shape index (κ2) is 4.59. The van der Waals surface area contributed by atoms with Gasteiger partial charge in [0.25, 0.3) is 0 Å². The van der Waals surface area contributed by atoms with E-state index < -0.39 is 5.91 Å². The largest absolute Gasteiger partial charge is 0.368 e. The second-order valence-corrected chi connectivity index (χ2v) is 3.33. The van der Waals surface area contributed by atoms with Gasteiger partial charge in [-0.15, -0.1) is 0 Å². The van der Waals surface area contributed by atoms with Gasteiger partial charge in [0.1, 0.15) is 0 Å². The second-order valence-electron chi connectivity index (χ2n) is 3.33. The van der Waals surface area contributed by atoms with Gasteiger partial charge in [0.05, 0.1) is 18.7 Å². The van der Waals surface area contributed by atoms with E-state index in [0.29, 0.717) is 0 Å². The number of primary amides is 1. The van der Waals surface area contributed by atoms with Crippen LogP contribution in [0, 0.1) is 13.8 Å². The van der Waals surface area contributed by atoms with Gasteiger partial charge in [-0.2, -0.15) is 5.10 Å². The van der Waals surface area contributed by atoms with Crippen molar-refractivity contribution in [1.29, 1.82) is 0 Å². The van der Waals surface area contributed by atoms with Gasteiger partial charge in [-0.25, -0.2) is 0 Å². The Balaban J connectivity index is 2.55. The van der Waals surface area contributed by atoms with E-state index in [1.807, 2.05) is 13.8 Å². The molecule has 6 nitrogen and oxygen atoms in total. The van der Waals surface area contributed by atoms with Gasteiger partial charge in [-0.1, -0.05) is 0 Å². The number of nitrogens with zero attached hydrogens (tertiary/aromatic N) is 1. The maximum absolute atomic E-state index is 11.4. The predicted molar refractivity (Wildman–Crippen MR) is 54.0 cm³/mol. The first-order valence-corrected chi connectivity index (χ1v) is 4.56. The van der Waals surface area contributed by atoms with Crippen LogP contribution in [0.5, 0.6) is 0 Å². The third-order valence-corrected chi connectivity index (χ3v) is 2.08. The summed E-state index contributed by atoms with van der Waals surface area (Å²) in [4.78, 5) is 21.8. The first kappa shape index (κ1) is 11.2. The lowest BCUT2D eigenvalue weighted by Crippen LogP contribution is -2.34. The highest BCUT2D eigenvalue weighted by Crippen LogP contribution is 2.09. The third-order valence-electron chi connectivity index (χ3n) is 2.08. The minimum atomic E-state index is -0.552. The van der Waals surface area contributed by atoms with Crippen LogP contribution in [0.15, 0.2) is 0 Å². The molecule has 0 fully saturated rings. The van der Waals surface area contributed by atoms with Gasteiger partial charge in [0, 0.05) is 11.3 Å². The van der Waals surface area contributed by atoms with Gasteiger partial charge in [0.2, 0.25) is 11.8 Å². The molecule has 1 rings (SSSR count). The fourth-order valence-corrected chi connectivity index (χ4v) is 1.24. The van der Waals surface area contributed by atoms with Crippen LogP contribution >= 0.6 is 0 Å². The quantitative estimate of drug-likeness (QED) is 0.604. The molecule has 0 bridgehead atoms. The summed E-state index contributed by atoms with van der Waals surface area (Å²) >= 11 is 0. The molecule has 0 aliphatic rings. The minimum absolute atomic E-state index is 0.130. The molecule has 0 aromatic carbocycles. The molecular weight excluding hydrogens is 196 g/mol. The van der Waals surface area contributed by atoms with Crippen molar-refractivity contribution in [3.63, 3.8) is 0 Å². The molecule has 0 aliphatic heterocycles. The summed E-state index contributed by atoms with van der Waals surface area (Å²) in [6, 6.07) is 0. The first-order chi connectivity index (χ1) is 7.00. The monoisotopic (exact) mass is 210 g/mol. The lowest BCUT2D eigenvalue weighted by atomic mass is 10.1. The molecule has 1 aromatic heterocycles. The number of H-pyrrole nitrogens is 1. The molecule has 1 aromatic rings. The van der Waals surface area contributed by atoms with E-state index >= 15 is 0 Å². The molecule has 6 heteroatoms. The summed E-state index contributed by atoms with van der Waals surface area (Å²) in [5.41, 5.74) is 7.42. The number of rotatable bonds is 4. The van der Waals surface area contributed by atoms with E-state index in [4.69, 9.17) is 5.73 Å². The zero-order valence-electron chi connectivity index (χ0n) is 8.76. The molecule has 2 amide bonds. The van der Waals surface area contributed by atoms with Crippen molar-refractivity contribution in [3.05, 3.63) is 17.0 Å². The van der Waals surface area contributed by atoms with Crippen molar-refractivity contribution >= 4 is 11.8 Å². The van der Waals surface area contributed by atoms with Crippen molar-refractivity contribution in [3.8, 4) is 0 Å². The molecule has 0 saturated carbocycles. The standard InChI is InChI=1S/C9H14N4O2/c1-5-7(6(2)13-12-5)3-9(15)11-4-8(10)14/h3-4H2,1-2H3,(H2,10,14)(H,11,15)(H,12,13). The maximum atomic E-state index is 11.4. The van der Waals surface area contributed by atoms with E-state index in [-0.39, 0.29) is 18.9 Å². The van der Waals surface area contributed by atoms with Crippen molar-refractivity contribution in [2.24, 2.45) is 5.73 Å². The number of aromatic nitrogens is 2. The average Bonchev–Trinajstić information content (AvgIpc) is 2.46. The average molecular weight is 210 g/mol. The molecule has 0 unspecified atom stereocenters. The maximum Gasteiger partial charge on any atom is 0.236 e. The highest BCUT2D eigenvalue weighted by atomic mass is 16.2. The van der Waals surface area contributed by atoms with Crippen LogP contribution in [0.25, 0.3) is 0 Å². The molecule has 0 aliphatic carbocycles. The van der Waals surface area contributed by atoms with Crippen LogP contribution in [0.3, 0.4) is 0 Å². The number of aromatic amines is 1. The van der Waals surface area contributed by atoms with Crippen LogP contribution in [0.4, 0.5) is 0 Å².